The molecule has 1 aromatic heterocycles. The maximum absolute atomic E-state index is 12.5. The molecule has 1 aliphatic heterocycles. The van der Waals surface area contributed by atoms with E-state index in [0.717, 1.165) is 33.4 Å². The summed E-state index contributed by atoms with van der Waals surface area (Å²) in [5.41, 5.74) is 5.59. The van der Waals surface area contributed by atoms with E-state index in [9.17, 15) is 4.79 Å². The molecule has 0 N–H and O–H groups in total. The fourth-order valence-electron chi connectivity index (χ4n) is 3.90. The average Bonchev–Trinajstić information content (AvgIpc) is 3.15. The van der Waals surface area contributed by atoms with Crippen LogP contribution in [-0.2, 0) is 19.8 Å². The molecule has 5 nitrogen and oxygen atoms in total. The molecular weight excluding hydrogens is 412 g/mol. The van der Waals surface area contributed by atoms with Gasteiger partial charge in [0.1, 0.15) is 13.2 Å². The van der Waals surface area contributed by atoms with Gasteiger partial charge in [-0.1, -0.05) is 72.8 Å². The van der Waals surface area contributed by atoms with Crippen LogP contribution in [0.5, 0.6) is 11.8 Å². The minimum atomic E-state index is 0.0365. The number of carbonyl (C=O) groups excluding carboxylic acids is 1. The highest BCUT2D eigenvalue weighted by atomic mass is 16.5. The van der Waals surface area contributed by atoms with E-state index in [2.05, 4.69) is 4.98 Å². The highest BCUT2D eigenvalue weighted by Crippen LogP contribution is 2.34. The first-order chi connectivity index (χ1) is 16.2. The smallest absolute Gasteiger partial charge is 0.254 e. The monoisotopic (exact) mass is 436 g/mol. The lowest BCUT2D eigenvalue weighted by molar-refractivity contribution is 0.0816. The summed E-state index contributed by atoms with van der Waals surface area (Å²) in [6.45, 7) is 1.44. The third-order valence-corrected chi connectivity index (χ3v) is 5.69. The average molecular weight is 437 g/mol. The number of ether oxygens (including phenoxy) is 2. The van der Waals surface area contributed by atoms with Gasteiger partial charge in [0.2, 0.25) is 11.8 Å². The van der Waals surface area contributed by atoms with Crippen LogP contribution >= 0.6 is 0 Å². The van der Waals surface area contributed by atoms with Crippen LogP contribution in [0.25, 0.3) is 11.1 Å². The third kappa shape index (κ3) is 4.58. The molecule has 164 valence electrons. The number of aromatic nitrogens is 1. The highest BCUT2D eigenvalue weighted by Gasteiger charge is 2.25. The molecule has 5 heteroatoms. The molecule has 4 aromatic rings. The Morgan fingerprint density at radius 1 is 0.788 bits per heavy atom. The van der Waals surface area contributed by atoms with Gasteiger partial charge >= 0.3 is 0 Å². The number of rotatable bonds is 7. The van der Waals surface area contributed by atoms with Gasteiger partial charge in [0, 0.05) is 30.8 Å². The number of amides is 1. The maximum atomic E-state index is 12.5. The molecule has 0 fully saturated rings. The Morgan fingerprint density at radius 2 is 1.45 bits per heavy atom. The number of nitrogens with zero attached hydrogens (tertiary/aromatic N) is 2. The van der Waals surface area contributed by atoms with Crippen LogP contribution in [0.3, 0.4) is 0 Å². The van der Waals surface area contributed by atoms with Crippen LogP contribution in [-0.4, -0.2) is 22.8 Å². The summed E-state index contributed by atoms with van der Waals surface area (Å²) in [6, 6.07) is 29.7. The van der Waals surface area contributed by atoms with Crippen molar-refractivity contribution in [2.45, 2.75) is 19.8 Å². The Balaban J connectivity index is 1.45. The fraction of sp³-hybridized carbons (Fsp3) is 0.143. The second kappa shape index (κ2) is 9.17. The van der Waals surface area contributed by atoms with E-state index in [1.54, 1.807) is 4.90 Å². The van der Waals surface area contributed by atoms with Gasteiger partial charge in [0.15, 0.2) is 0 Å². The van der Waals surface area contributed by atoms with Crippen LogP contribution in [0, 0.1) is 0 Å². The third-order valence-electron chi connectivity index (χ3n) is 5.69. The molecule has 0 saturated heterocycles. The minimum absolute atomic E-state index is 0.0365. The Hall–Kier alpha value is -4.12. The largest absolute Gasteiger partial charge is 0.473 e. The van der Waals surface area contributed by atoms with Crippen molar-refractivity contribution in [3.05, 3.63) is 113 Å². The summed E-state index contributed by atoms with van der Waals surface area (Å²) >= 11 is 0. The van der Waals surface area contributed by atoms with Gasteiger partial charge in [-0.15, -0.1) is 0 Å². The van der Waals surface area contributed by atoms with Crippen molar-refractivity contribution in [1.29, 1.82) is 0 Å². The first-order valence-electron chi connectivity index (χ1n) is 10.9. The minimum Gasteiger partial charge on any atom is -0.473 e. The summed E-state index contributed by atoms with van der Waals surface area (Å²) in [7, 11) is 1.82. The first-order valence-corrected chi connectivity index (χ1v) is 10.9. The summed E-state index contributed by atoms with van der Waals surface area (Å²) in [4.78, 5) is 18.9. The van der Waals surface area contributed by atoms with E-state index < -0.39 is 0 Å². The maximum Gasteiger partial charge on any atom is 0.254 e. The zero-order chi connectivity index (χ0) is 22.6. The summed E-state index contributed by atoms with van der Waals surface area (Å²) in [6.07, 6.45) is 0. The molecule has 0 bridgehead atoms. The van der Waals surface area contributed by atoms with E-state index >= 15 is 0 Å². The topological polar surface area (TPSA) is 51.7 Å². The Morgan fingerprint density at radius 3 is 2.15 bits per heavy atom. The lowest BCUT2D eigenvalue weighted by Gasteiger charge is -2.14. The molecule has 33 heavy (non-hydrogen) atoms. The normalized spacial score (nSPS) is 12.5. The zero-order valence-corrected chi connectivity index (χ0v) is 18.4. The molecule has 3 aromatic carbocycles. The fourth-order valence-corrected chi connectivity index (χ4v) is 3.90. The quantitative estimate of drug-likeness (QED) is 0.384. The van der Waals surface area contributed by atoms with Crippen LogP contribution in [0.1, 0.15) is 27.0 Å². The predicted octanol–water partition coefficient (Wildman–Crippen LogP) is 5.49. The number of benzene rings is 3. The molecule has 0 radical (unpaired) electrons. The second-order valence-corrected chi connectivity index (χ2v) is 8.08. The zero-order valence-electron chi connectivity index (χ0n) is 18.4. The molecule has 0 atom stereocenters. The number of hydrogen-bond donors (Lipinski definition) is 0. The van der Waals surface area contributed by atoms with Gasteiger partial charge in [-0.3, -0.25) is 4.79 Å². The molecule has 0 spiro atoms. The summed E-state index contributed by atoms with van der Waals surface area (Å²) < 4.78 is 12.1. The number of hydrogen-bond acceptors (Lipinski definition) is 4. The van der Waals surface area contributed by atoms with Crippen molar-refractivity contribution in [2.24, 2.45) is 0 Å². The Bertz CT molecular complexity index is 1270. The summed E-state index contributed by atoms with van der Waals surface area (Å²) in [5, 5.41) is 0. The SMILES string of the molecule is CN1Cc2ccc(-c3ccc(OCc4ccccc4)nc3OCc3ccccc3)cc2C1=O. The Kier molecular flexibility index (Phi) is 5.77. The van der Waals surface area contributed by atoms with Gasteiger partial charge in [-0.2, -0.15) is 4.98 Å². The molecule has 1 aliphatic rings. The van der Waals surface area contributed by atoms with E-state index in [1.807, 2.05) is 98.0 Å². The predicted molar refractivity (Wildman–Crippen MR) is 127 cm³/mol. The number of carbonyl (C=O) groups is 1. The molecule has 0 saturated carbocycles. The standard InChI is InChI=1S/C28H24N2O3/c1-30-17-23-13-12-22(16-25(23)28(30)31)24-14-15-26(32-18-20-8-4-2-5-9-20)29-27(24)33-19-21-10-6-3-7-11-21/h2-16H,17-19H2,1H3. The number of fused-ring (bicyclic) bond motifs is 1. The van der Waals surface area contributed by atoms with Crippen LogP contribution in [0.2, 0.25) is 0 Å². The van der Waals surface area contributed by atoms with Gasteiger partial charge in [0.25, 0.3) is 5.91 Å². The van der Waals surface area contributed by atoms with E-state index in [-0.39, 0.29) is 5.91 Å². The van der Waals surface area contributed by atoms with Crippen molar-refractivity contribution >= 4 is 5.91 Å². The lowest BCUT2D eigenvalue weighted by Crippen LogP contribution is -2.17. The van der Waals surface area contributed by atoms with Crippen molar-refractivity contribution in [3.63, 3.8) is 0 Å². The Labute approximate surface area is 193 Å². The first kappa shape index (κ1) is 20.8. The van der Waals surface area contributed by atoms with Gasteiger partial charge in [0.05, 0.1) is 0 Å². The number of pyridine rings is 1. The van der Waals surface area contributed by atoms with Crippen molar-refractivity contribution in [3.8, 4) is 22.9 Å². The molecule has 5 rings (SSSR count). The molecule has 0 unspecified atom stereocenters. The van der Waals surface area contributed by atoms with E-state index in [1.165, 1.54) is 0 Å². The lowest BCUT2D eigenvalue weighted by atomic mass is 10.0. The van der Waals surface area contributed by atoms with Gasteiger partial charge < -0.3 is 14.4 Å². The van der Waals surface area contributed by atoms with Gasteiger partial charge in [-0.25, -0.2) is 0 Å². The van der Waals surface area contributed by atoms with Crippen molar-refractivity contribution < 1.29 is 14.3 Å². The van der Waals surface area contributed by atoms with Crippen LogP contribution in [0.15, 0.2) is 91.0 Å². The van der Waals surface area contributed by atoms with Gasteiger partial charge in [-0.05, 0) is 34.4 Å². The molecule has 1 amide bonds. The second-order valence-electron chi connectivity index (χ2n) is 8.08. The molecule has 0 aliphatic carbocycles. The summed E-state index contributed by atoms with van der Waals surface area (Å²) in [5.74, 6) is 1.00. The van der Waals surface area contributed by atoms with Crippen molar-refractivity contribution in [1.82, 2.24) is 9.88 Å². The van der Waals surface area contributed by atoms with Crippen molar-refractivity contribution in [2.75, 3.05) is 7.05 Å². The van der Waals surface area contributed by atoms with E-state index in [4.69, 9.17) is 9.47 Å². The van der Waals surface area contributed by atoms with Crippen LogP contribution < -0.4 is 9.47 Å². The van der Waals surface area contributed by atoms with Crippen LogP contribution in [0.4, 0.5) is 0 Å². The van der Waals surface area contributed by atoms with E-state index in [0.29, 0.717) is 31.5 Å². The molecular formula is C28H24N2O3. The highest BCUT2D eigenvalue weighted by molar-refractivity contribution is 5.99. The molecule has 2 heterocycles.